The highest BCUT2D eigenvalue weighted by Gasteiger charge is 2.44. The van der Waals surface area contributed by atoms with Gasteiger partial charge in [0.1, 0.15) is 6.04 Å². The second-order valence-corrected chi connectivity index (χ2v) is 7.82. The first kappa shape index (κ1) is 20.4. The van der Waals surface area contributed by atoms with Crippen LogP contribution in [-0.2, 0) is 25.5 Å². The van der Waals surface area contributed by atoms with Crippen LogP contribution in [0.25, 0.3) is 0 Å². The highest BCUT2D eigenvalue weighted by molar-refractivity contribution is 5.91. The van der Waals surface area contributed by atoms with Crippen LogP contribution in [0.2, 0.25) is 0 Å². The van der Waals surface area contributed by atoms with Crippen molar-refractivity contribution in [3.8, 4) is 0 Å². The number of piperidine rings is 1. The smallest absolute Gasteiger partial charge is 0.312 e. The lowest BCUT2D eigenvalue weighted by Gasteiger charge is -2.40. The van der Waals surface area contributed by atoms with Gasteiger partial charge in [0.2, 0.25) is 11.8 Å². The van der Waals surface area contributed by atoms with Crippen molar-refractivity contribution in [1.82, 2.24) is 10.2 Å². The number of nitrogens with one attached hydrogen (secondary N) is 1. The molecule has 3 rings (SSSR count). The Morgan fingerprint density at radius 2 is 1.93 bits per heavy atom. The van der Waals surface area contributed by atoms with Crippen molar-refractivity contribution < 1.29 is 19.1 Å². The maximum atomic E-state index is 12.8. The SMILES string of the molecule is CCOC(=O)C1(CCCc2ccccc2)CCN(C(=O)[C@@H]2CCC(=O)N2)CC1. The van der Waals surface area contributed by atoms with E-state index in [-0.39, 0.29) is 17.8 Å². The van der Waals surface area contributed by atoms with E-state index in [1.807, 2.05) is 25.1 Å². The number of hydrogen-bond donors (Lipinski definition) is 1. The van der Waals surface area contributed by atoms with E-state index >= 15 is 0 Å². The second kappa shape index (κ2) is 9.22. The van der Waals surface area contributed by atoms with Gasteiger partial charge in [-0.1, -0.05) is 30.3 Å². The summed E-state index contributed by atoms with van der Waals surface area (Å²) in [4.78, 5) is 38.6. The summed E-state index contributed by atoms with van der Waals surface area (Å²) in [6, 6.07) is 9.87. The van der Waals surface area contributed by atoms with E-state index in [4.69, 9.17) is 4.74 Å². The first-order chi connectivity index (χ1) is 13.5. The van der Waals surface area contributed by atoms with Crippen LogP contribution in [0, 0.1) is 5.41 Å². The summed E-state index contributed by atoms with van der Waals surface area (Å²) in [5.41, 5.74) is 0.756. The molecule has 2 aliphatic heterocycles. The number of aryl methyl sites for hydroxylation is 1. The van der Waals surface area contributed by atoms with E-state index in [0.29, 0.717) is 45.4 Å². The third-order valence-corrected chi connectivity index (χ3v) is 6.00. The van der Waals surface area contributed by atoms with Crippen LogP contribution in [0.15, 0.2) is 30.3 Å². The third-order valence-electron chi connectivity index (χ3n) is 6.00. The molecule has 1 aromatic carbocycles. The summed E-state index contributed by atoms with van der Waals surface area (Å²) in [5.74, 6) is -0.214. The summed E-state index contributed by atoms with van der Waals surface area (Å²) in [6.07, 6.45) is 4.82. The van der Waals surface area contributed by atoms with Gasteiger partial charge in [0.05, 0.1) is 12.0 Å². The zero-order valence-corrected chi connectivity index (χ0v) is 16.6. The number of hydrogen-bond acceptors (Lipinski definition) is 4. The summed E-state index contributed by atoms with van der Waals surface area (Å²) in [7, 11) is 0. The fraction of sp³-hybridized carbons (Fsp3) is 0.591. The van der Waals surface area contributed by atoms with E-state index in [0.717, 1.165) is 19.3 Å². The number of amides is 2. The molecule has 2 heterocycles. The molecule has 6 nitrogen and oxygen atoms in total. The Morgan fingerprint density at radius 1 is 1.21 bits per heavy atom. The highest BCUT2D eigenvalue weighted by atomic mass is 16.5. The molecule has 0 aliphatic carbocycles. The minimum absolute atomic E-state index is 0.0207. The normalized spacial score (nSPS) is 21.2. The lowest BCUT2D eigenvalue weighted by Crippen LogP contribution is -2.51. The molecule has 2 amide bonds. The predicted octanol–water partition coefficient (Wildman–Crippen LogP) is 2.46. The van der Waals surface area contributed by atoms with Gasteiger partial charge in [-0.3, -0.25) is 14.4 Å². The average Bonchev–Trinajstić information content (AvgIpc) is 3.15. The second-order valence-electron chi connectivity index (χ2n) is 7.82. The Morgan fingerprint density at radius 3 is 2.54 bits per heavy atom. The van der Waals surface area contributed by atoms with Gasteiger partial charge in [-0.05, 0) is 51.0 Å². The predicted molar refractivity (Wildman–Crippen MR) is 105 cm³/mol. The maximum absolute atomic E-state index is 12.8. The first-order valence-corrected chi connectivity index (χ1v) is 10.3. The number of nitrogens with zero attached hydrogens (tertiary/aromatic N) is 1. The van der Waals surface area contributed by atoms with Crippen molar-refractivity contribution in [2.24, 2.45) is 5.41 Å². The summed E-state index contributed by atoms with van der Waals surface area (Å²) >= 11 is 0. The summed E-state index contributed by atoms with van der Waals surface area (Å²) in [5, 5.41) is 2.75. The van der Waals surface area contributed by atoms with Crippen LogP contribution in [0.1, 0.15) is 51.0 Å². The lowest BCUT2D eigenvalue weighted by atomic mass is 9.74. The van der Waals surface area contributed by atoms with E-state index in [9.17, 15) is 14.4 Å². The van der Waals surface area contributed by atoms with Crippen LogP contribution in [0.3, 0.4) is 0 Å². The molecule has 0 unspecified atom stereocenters. The Bertz CT molecular complexity index is 696. The third kappa shape index (κ3) is 4.72. The van der Waals surface area contributed by atoms with E-state index in [2.05, 4.69) is 17.4 Å². The number of ether oxygens (including phenoxy) is 1. The molecule has 2 aliphatic rings. The van der Waals surface area contributed by atoms with Gasteiger partial charge in [-0.25, -0.2) is 0 Å². The standard InChI is InChI=1S/C22H30N2O4/c1-2-28-21(27)22(12-6-9-17-7-4-3-5-8-17)13-15-24(16-14-22)20(26)18-10-11-19(25)23-18/h3-5,7-8,18H,2,6,9-16H2,1H3,(H,23,25)/t18-/m0/s1. The molecule has 6 heteroatoms. The monoisotopic (exact) mass is 386 g/mol. The largest absolute Gasteiger partial charge is 0.466 e. The fourth-order valence-electron chi connectivity index (χ4n) is 4.29. The van der Waals surface area contributed by atoms with Crippen molar-refractivity contribution >= 4 is 17.8 Å². The van der Waals surface area contributed by atoms with Crippen LogP contribution in [0.5, 0.6) is 0 Å². The molecule has 2 saturated heterocycles. The highest BCUT2D eigenvalue weighted by Crippen LogP contribution is 2.38. The Balaban J connectivity index is 1.59. The van der Waals surface area contributed by atoms with Crippen LogP contribution >= 0.6 is 0 Å². The quantitative estimate of drug-likeness (QED) is 0.731. The number of carbonyl (C=O) groups excluding carboxylic acids is 3. The molecule has 2 fully saturated rings. The maximum Gasteiger partial charge on any atom is 0.312 e. The summed E-state index contributed by atoms with van der Waals surface area (Å²) in [6.45, 7) is 3.28. The minimum atomic E-state index is -0.513. The molecule has 0 bridgehead atoms. The topological polar surface area (TPSA) is 75.7 Å². The van der Waals surface area contributed by atoms with Crippen molar-refractivity contribution in [2.75, 3.05) is 19.7 Å². The van der Waals surface area contributed by atoms with Gasteiger partial charge >= 0.3 is 5.97 Å². The van der Waals surface area contributed by atoms with E-state index < -0.39 is 11.5 Å². The molecule has 0 spiro atoms. The van der Waals surface area contributed by atoms with Crippen LogP contribution in [0.4, 0.5) is 0 Å². The number of likely N-dealkylation sites (tertiary alicyclic amines) is 1. The molecule has 0 saturated carbocycles. The van der Waals surface area contributed by atoms with Crippen molar-refractivity contribution in [3.05, 3.63) is 35.9 Å². The molecule has 0 radical (unpaired) electrons. The molecular weight excluding hydrogens is 356 g/mol. The molecular formula is C22H30N2O4. The lowest BCUT2D eigenvalue weighted by molar-refractivity contribution is -0.161. The summed E-state index contributed by atoms with van der Waals surface area (Å²) < 4.78 is 5.40. The Kier molecular flexibility index (Phi) is 6.70. The Labute approximate surface area is 166 Å². The fourth-order valence-corrected chi connectivity index (χ4v) is 4.29. The number of benzene rings is 1. The van der Waals surface area contributed by atoms with Crippen LogP contribution in [-0.4, -0.2) is 48.4 Å². The van der Waals surface area contributed by atoms with E-state index in [1.165, 1.54) is 5.56 Å². The molecule has 1 aromatic rings. The number of esters is 1. The minimum Gasteiger partial charge on any atom is -0.466 e. The van der Waals surface area contributed by atoms with Gasteiger partial charge in [-0.15, -0.1) is 0 Å². The van der Waals surface area contributed by atoms with Gasteiger partial charge in [-0.2, -0.15) is 0 Å². The van der Waals surface area contributed by atoms with E-state index in [1.54, 1.807) is 4.90 Å². The number of rotatable bonds is 7. The van der Waals surface area contributed by atoms with Gasteiger partial charge < -0.3 is 15.0 Å². The molecule has 28 heavy (non-hydrogen) atoms. The Hall–Kier alpha value is -2.37. The number of carbonyl (C=O) groups is 3. The first-order valence-electron chi connectivity index (χ1n) is 10.3. The average molecular weight is 386 g/mol. The molecule has 0 aromatic heterocycles. The van der Waals surface area contributed by atoms with Gasteiger partial charge in [0, 0.05) is 19.5 Å². The van der Waals surface area contributed by atoms with Gasteiger partial charge in [0.25, 0.3) is 0 Å². The van der Waals surface area contributed by atoms with Crippen molar-refractivity contribution in [2.45, 2.75) is 57.9 Å². The molecule has 152 valence electrons. The van der Waals surface area contributed by atoms with Crippen LogP contribution < -0.4 is 5.32 Å². The molecule has 1 N–H and O–H groups in total. The van der Waals surface area contributed by atoms with Crippen molar-refractivity contribution in [3.63, 3.8) is 0 Å². The molecule has 1 atom stereocenters. The zero-order chi connectivity index (χ0) is 20.0. The van der Waals surface area contributed by atoms with Crippen molar-refractivity contribution in [1.29, 1.82) is 0 Å². The van der Waals surface area contributed by atoms with Gasteiger partial charge in [0.15, 0.2) is 0 Å². The zero-order valence-electron chi connectivity index (χ0n) is 16.6.